The van der Waals surface area contributed by atoms with Crippen molar-refractivity contribution < 1.29 is 13.2 Å². The van der Waals surface area contributed by atoms with Crippen LogP contribution in [0.1, 0.15) is 17.2 Å². The van der Waals surface area contributed by atoms with Gasteiger partial charge in [-0.3, -0.25) is 0 Å². The molecule has 0 spiro atoms. The standard InChI is InChI=1S/C17H16Cl3NO3S/c18-14-3-1-2-12(6-14)11-25(22,23)21-4-5-24-17(10-21)13-7-15(19)9-16(20)8-13/h1-3,6-9,17H,4-5,10-11H2. The predicted molar refractivity (Wildman–Crippen MR) is 101 cm³/mol. The molecule has 1 saturated heterocycles. The molecule has 2 aromatic rings. The van der Waals surface area contributed by atoms with Gasteiger partial charge >= 0.3 is 0 Å². The van der Waals surface area contributed by atoms with Gasteiger partial charge in [0, 0.05) is 28.2 Å². The number of rotatable bonds is 4. The van der Waals surface area contributed by atoms with Gasteiger partial charge in [0.1, 0.15) is 0 Å². The third kappa shape index (κ3) is 4.88. The molecule has 0 N–H and O–H groups in total. The van der Waals surface area contributed by atoms with Gasteiger partial charge in [-0.2, -0.15) is 4.31 Å². The molecule has 1 fully saturated rings. The summed E-state index contributed by atoms with van der Waals surface area (Å²) in [5.41, 5.74) is 1.42. The maximum Gasteiger partial charge on any atom is 0.218 e. The molecule has 0 radical (unpaired) electrons. The van der Waals surface area contributed by atoms with Crippen LogP contribution in [-0.4, -0.2) is 32.4 Å². The second kappa shape index (κ2) is 7.82. The average Bonchev–Trinajstić information content (AvgIpc) is 2.54. The highest BCUT2D eigenvalue weighted by Gasteiger charge is 2.30. The van der Waals surface area contributed by atoms with Crippen molar-refractivity contribution in [3.8, 4) is 0 Å². The molecule has 1 aliphatic heterocycles. The van der Waals surface area contributed by atoms with E-state index in [-0.39, 0.29) is 12.3 Å². The lowest BCUT2D eigenvalue weighted by molar-refractivity contribution is -0.00259. The Bertz CT molecular complexity index is 853. The second-order valence-corrected chi connectivity index (χ2v) is 9.08. The van der Waals surface area contributed by atoms with Crippen LogP contribution < -0.4 is 0 Å². The van der Waals surface area contributed by atoms with Crippen molar-refractivity contribution in [3.05, 3.63) is 68.7 Å². The van der Waals surface area contributed by atoms with Crippen molar-refractivity contribution in [1.82, 2.24) is 4.31 Å². The quantitative estimate of drug-likeness (QED) is 0.729. The summed E-state index contributed by atoms with van der Waals surface area (Å²) in [6, 6.07) is 12.0. The first-order valence-electron chi connectivity index (χ1n) is 7.63. The van der Waals surface area contributed by atoms with Gasteiger partial charge in [0.25, 0.3) is 0 Å². The Morgan fingerprint density at radius 2 is 1.76 bits per heavy atom. The van der Waals surface area contributed by atoms with Crippen molar-refractivity contribution in [3.63, 3.8) is 0 Å². The molecule has 1 unspecified atom stereocenters. The summed E-state index contributed by atoms with van der Waals surface area (Å²) in [5.74, 6) is -0.101. The molecule has 25 heavy (non-hydrogen) atoms. The van der Waals surface area contributed by atoms with Crippen LogP contribution in [0.25, 0.3) is 0 Å². The van der Waals surface area contributed by atoms with Crippen LogP contribution in [0.2, 0.25) is 15.1 Å². The average molecular weight is 421 g/mol. The smallest absolute Gasteiger partial charge is 0.218 e. The van der Waals surface area contributed by atoms with Crippen LogP contribution >= 0.6 is 34.8 Å². The number of halogens is 3. The van der Waals surface area contributed by atoms with Gasteiger partial charge in [0.15, 0.2) is 0 Å². The summed E-state index contributed by atoms with van der Waals surface area (Å²) in [6.45, 7) is 0.844. The number of sulfonamides is 1. The van der Waals surface area contributed by atoms with E-state index in [1.807, 2.05) is 0 Å². The number of ether oxygens (including phenoxy) is 1. The fourth-order valence-electron chi connectivity index (χ4n) is 2.77. The van der Waals surface area contributed by atoms with Gasteiger partial charge in [0.2, 0.25) is 10.0 Å². The van der Waals surface area contributed by atoms with Crippen LogP contribution in [-0.2, 0) is 20.5 Å². The second-order valence-electron chi connectivity index (χ2n) is 5.81. The first-order valence-corrected chi connectivity index (χ1v) is 10.4. The zero-order valence-electron chi connectivity index (χ0n) is 13.2. The maximum absolute atomic E-state index is 12.8. The normalized spacial score (nSPS) is 19.1. The van der Waals surface area contributed by atoms with Gasteiger partial charge in [-0.05, 0) is 41.5 Å². The topological polar surface area (TPSA) is 46.6 Å². The Morgan fingerprint density at radius 1 is 1.04 bits per heavy atom. The first kappa shape index (κ1) is 19.0. The highest BCUT2D eigenvalue weighted by molar-refractivity contribution is 7.88. The Morgan fingerprint density at radius 3 is 2.44 bits per heavy atom. The lowest BCUT2D eigenvalue weighted by atomic mass is 10.1. The van der Waals surface area contributed by atoms with E-state index in [2.05, 4.69) is 0 Å². The van der Waals surface area contributed by atoms with Crippen molar-refractivity contribution >= 4 is 44.8 Å². The lowest BCUT2D eigenvalue weighted by Gasteiger charge is -2.32. The number of benzene rings is 2. The molecule has 1 aliphatic rings. The van der Waals surface area contributed by atoms with Gasteiger partial charge in [-0.25, -0.2) is 8.42 Å². The lowest BCUT2D eigenvalue weighted by Crippen LogP contribution is -2.42. The van der Waals surface area contributed by atoms with Gasteiger partial charge in [0.05, 0.1) is 18.5 Å². The Hall–Kier alpha value is -0.820. The van der Waals surface area contributed by atoms with Crippen molar-refractivity contribution in [2.45, 2.75) is 11.9 Å². The fourth-order valence-corrected chi connectivity index (χ4v) is 5.02. The van der Waals surface area contributed by atoms with E-state index in [1.165, 1.54) is 4.31 Å². The third-order valence-corrected chi connectivity index (χ3v) is 6.41. The van der Waals surface area contributed by atoms with Gasteiger partial charge in [-0.15, -0.1) is 0 Å². The summed E-state index contributed by atoms with van der Waals surface area (Å²) in [5, 5.41) is 1.50. The van der Waals surface area contributed by atoms with Crippen molar-refractivity contribution in [1.29, 1.82) is 0 Å². The Labute approximate surface area is 162 Å². The number of hydrogen-bond donors (Lipinski definition) is 0. The Kier molecular flexibility index (Phi) is 5.93. The molecule has 1 atom stereocenters. The molecular weight excluding hydrogens is 405 g/mol. The molecule has 1 heterocycles. The molecule has 134 valence electrons. The molecule has 0 aromatic heterocycles. The van der Waals surface area contributed by atoms with Crippen molar-refractivity contribution in [2.24, 2.45) is 0 Å². The summed E-state index contributed by atoms with van der Waals surface area (Å²) in [6.07, 6.45) is -0.404. The van der Waals surface area contributed by atoms with E-state index < -0.39 is 16.1 Å². The minimum atomic E-state index is -3.49. The third-order valence-electron chi connectivity index (χ3n) is 3.92. The molecule has 4 nitrogen and oxygen atoms in total. The maximum atomic E-state index is 12.8. The molecule has 0 bridgehead atoms. The minimum absolute atomic E-state index is 0.101. The highest BCUT2D eigenvalue weighted by atomic mass is 35.5. The van der Waals surface area contributed by atoms with Gasteiger partial charge in [-0.1, -0.05) is 46.9 Å². The van der Waals surface area contributed by atoms with E-state index in [4.69, 9.17) is 39.5 Å². The number of hydrogen-bond acceptors (Lipinski definition) is 3. The van der Waals surface area contributed by atoms with Crippen LogP contribution in [0.3, 0.4) is 0 Å². The summed E-state index contributed by atoms with van der Waals surface area (Å²) >= 11 is 18.0. The van der Waals surface area contributed by atoms with Crippen LogP contribution in [0.15, 0.2) is 42.5 Å². The summed E-state index contributed by atoms with van der Waals surface area (Å²) in [7, 11) is -3.49. The highest BCUT2D eigenvalue weighted by Crippen LogP contribution is 2.29. The minimum Gasteiger partial charge on any atom is -0.371 e. The van der Waals surface area contributed by atoms with Crippen LogP contribution in [0.4, 0.5) is 0 Å². The van der Waals surface area contributed by atoms with E-state index in [0.717, 1.165) is 5.56 Å². The van der Waals surface area contributed by atoms with Gasteiger partial charge < -0.3 is 4.74 Å². The van der Waals surface area contributed by atoms with E-state index in [0.29, 0.717) is 33.8 Å². The van der Waals surface area contributed by atoms with E-state index >= 15 is 0 Å². The molecule has 3 rings (SSSR count). The molecular formula is C17H16Cl3NO3S. The van der Waals surface area contributed by atoms with E-state index in [1.54, 1.807) is 42.5 Å². The molecule has 0 saturated carbocycles. The van der Waals surface area contributed by atoms with Crippen LogP contribution in [0.5, 0.6) is 0 Å². The summed E-state index contributed by atoms with van der Waals surface area (Å²) in [4.78, 5) is 0. The molecule has 0 amide bonds. The molecule has 8 heteroatoms. The SMILES string of the molecule is O=S(=O)(Cc1cccc(Cl)c1)N1CCOC(c2cc(Cl)cc(Cl)c2)C1. The van der Waals surface area contributed by atoms with Crippen LogP contribution in [0, 0.1) is 0 Å². The van der Waals surface area contributed by atoms with E-state index in [9.17, 15) is 8.42 Å². The monoisotopic (exact) mass is 419 g/mol. The number of nitrogens with zero attached hydrogens (tertiary/aromatic N) is 1. The molecule has 2 aromatic carbocycles. The largest absolute Gasteiger partial charge is 0.371 e. The number of morpholine rings is 1. The Balaban J connectivity index is 1.78. The first-order chi connectivity index (χ1) is 11.8. The van der Waals surface area contributed by atoms with Crippen molar-refractivity contribution in [2.75, 3.05) is 19.7 Å². The zero-order chi connectivity index (χ0) is 18.0. The summed E-state index contributed by atoms with van der Waals surface area (Å²) < 4.78 is 32.7. The predicted octanol–water partition coefficient (Wildman–Crippen LogP) is 4.55. The zero-order valence-corrected chi connectivity index (χ0v) is 16.2. The fraction of sp³-hybridized carbons (Fsp3) is 0.294. The molecule has 0 aliphatic carbocycles.